The van der Waals surface area contributed by atoms with Gasteiger partial charge in [0.25, 0.3) is 11.6 Å². The fourth-order valence-electron chi connectivity index (χ4n) is 3.38. The van der Waals surface area contributed by atoms with Crippen LogP contribution in [0.4, 0.5) is 11.4 Å². The van der Waals surface area contributed by atoms with Crippen LogP contribution in [0.15, 0.2) is 18.2 Å². The summed E-state index contributed by atoms with van der Waals surface area (Å²) in [6.07, 6.45) is 1.95. The summed E-state index contributed by atoms with van der Waals surface area (Å²) in [6.45, 7) is 5.36. The van der Waals surface area contributed by atoms with Crippen molar-refractivity contribution in [2.24, 2.45) is 0 Å². The quantitative estimate of drug-likeness (QED) is 0.567. The van der Waals surface area contributed by atoms with Crippen LogP contribution in [-0.2, 0) is 6.54 Å². The number of nitrogens with zero attached hydrogens (tertiary/aromatic N) is 5. The highest BCUT2D eigenvalue weighted by Gasteiger charge is 2.27. The molecule has 10 nitrogen and oxygen atoms in total. The number of rotatable bonds is 6. The molecular weight excluding hydrogens is 362 g/mol. The Balaban J connectivity index is 1.43. The van der Waals surface area contributed by atoms with Gasteiger partial charge in [0, 0.05) is 43.9 Å². The molecule has 0 radical (unpaired) electrons. The van der Waals surface area contributed by atoms with Crippen molar-refractivity contribution in [1.82, 2.24) is 25.4 Å². The minimum atomic E-state index is -0.411. The minimum absolute atomic E-state index is 0.0264. The highest BCUT2D eigenvalue weighted by molar-refractivity contribution is 5.96. The maximum absolute atomic E-state index is 12.2. The smallest absolute Gasteiger partial charge is 0.293 e. The second-order valence-electron chi connectivity index (χ2n) is 7.31. The summed E-state index contributed by atoms with van der Waals surface area (Å²) in [6, 6.07) is 4.96. The Bertz CT molecular complexity index is 885. The lowest BCUT2D eigenvalue weighted by Gasteiger charge is -2.35. The van der Waals surface area contributed by atoms with Crippen molar-refractivity contribution in [1.29, 1.82) is 0 Å². The molecule has 1 aromatic heterocycles. The molecule has 2 aliphatic rings. The Morgan fingerprint density at radius 3 is 2.68 bits per heavy atom. The van der Waals surface area contributed by atoms with Crippen LogP contribution in [0.25, 0.3) is 0 Å². The van der Waals surface area contributed by atoms with Crippen LogP contribution in [0.1, 0.15) is 34.8 Å². The van der Waals surface area contributed by atoms with Crippen LogP contribution >= 0.6 is 0 Å². The number of hydrogen-bond acceptors (Lipinski definition) is 7. The first-order valence-electron chi connectivity index (χ1n) is 9.44. The van der Waals surface area contributed by atoms with E-state index in [2.05, 4.69) is 25.4 Å². The number of carbonyl (C=O) groups excluding carboxylic acids is 1. The predicted octanol–water partition coefficient (Wildman–Crippen LogP) is 1.24. The second-order valence-corrected chi connectivity index (χ2v) is 7.31. The van der Waals surface area contributed by atoms with Crippen LogP contribution < -0.4 is 10.2 Å². The number of amides is 1. The molecule has 4 rings (SSSR count). The molecule has 0 atom stereocenters. The van der Waals surface area contributed by atoms with Crippen LogP contribution in [0.3, 0.4) is 0 Å². The molecular formula is C18H23N7O3. The number of aromatic nitrogens is 3. The molecule has 0 bridgehead atoms. The van der Waals surface area contributed by atoms with E-state index < -0.39 is 4.92 Å². The van der Waals surface area contributed by atoms with E-state index in [0.29, 0.717) is 30.9 Å². The maximum Gasteiger partial charge on any atom is 0.293 e. The number of carbonyl (C=O) groups is 1. The Kier molecular flexibility index (Phi) is 4.95. The molecule has 10 heteroatoms. The van der Waals surface area contributed by atoms with Crippen LogP contribution in [-0.4, -0.2) is 63.1 Å². The first-order valence-corrected chi connectivity index (χ1v) is 9.44. The third-order valence-electron chi connectivity index (χ3n) is 5.07. The van der Waals surface area contributed by atoms with Gasteiger partial charge in [0.1, 0.15) is 11.5 Å². The lowest BCUT2D eigenvalue weighted by Crippen LogP contribution is -2.46. The molecule has 1 saturated heterocycles. The van der Waals surface area contributed by atoms with E-state index in [1.165, 1.54) is 6.07 Å². The van der Waals surface area contributed by atoms with Gasteiger partial charge < -0.3 is 10.2 Å². The molecule has 1 amide bonds. The number of piperazine rings is 1. The van der Waals surface area contributed by atoms with Gasteiger partial charge in [-0.2, -0.15) is 5.10 Å². The molecule has 2 heterocycles. The largest absolute Gasteiger partial charge is 0.363 e. The van der Waals surface area contributed by atoms with E-state index >= 15 is 0 Å². The molecule has 2 aromatic rings. The van der Waals surface area contributed by atoms with E-state index in [1.807, 2.05) is 11.8 Å². The Morgan fingerprint density at radius 1 is 1.32 bits per heavy atom. The normalized spacial score (nSPS) is 17.5. The second kappa shape index (κ2) is 7.55. The number of H-pyrrole nitrogens is 1. The molecule has 0 spiro atoms. The zero-order valence-electron chi connectivity index (χ0n) is 15.7. The maximum atomic E-state index is 12.2. The first-order chi connectivity index (χ1) is 13.5. The number of nitro benzene ring substituents is 1. The summed E-state index contributed by atoms with van der Waals surface area (Å²) in [5, 5.41) is 21.5. The third-order valence-corrected chi connectivity index (χ3v) is 5.07. The molecule has 1 saturated carbocycles. The molecule has 2 fully saturated rings. The van der Waals surface area contributed by atoms with Gasteiger partial charge in [-0.05, 0) is 31.9 Å². The van der Waals surface area contributed by atoms with Gasteiger partial charge >= 0.3 is 0 Å². The van der Waals surface area contributed by atoms with Crippen molar-refractivity contribution in [3.05, 3.63) is 45.5 Å². The van der Waals surface area contributed by atoms with Crippen LogP contribution in [0, 0.1) is 17.0 Å². The zero-order chi connectivity index (χ0) is 19.7. The summed E-state index contributed by atoms with van der Waals surface area (Å²) < 4.78 is 0. The molecule has 148 valence electrons. The van der Waals surface area contributed by atoms with Crippen molar-refractivity contribution < 1.29 is 9.72 Å². The average molecular weight is 385 g/mol. The fourth-order valence-corrected chi connectivity index (χ4v) is 3.38. The number of hydrogen-bond donors (Lipinski definition) is 2. The van der Waals surface area contributed by atoms with Crippen molar-refractivity contribution in [3.63, 3.8) is 0 Å². The SMILES string of the molecule is Cc1nc(CN2CCN(c3ccc(C(=O)NC4CC4)cc3[N+](=O)[O-])CC2)n[nH]1. The van der Waals surface area contributed by atoms with E-state index in [1.54, 1.807) is 12.1 Å². The van der Waals surface area contributed by atoms with Gasteiger partial charge in [0.2, 0.25) is 0 Å². The van der Waals surface area contributed by atoms with Gasteiger partial charge in [0.15, 0.2) is 5.82 Å². The summed E-state index contributed by atoms with van der Waals surface area (Å²) >= 11 is 0. The molecule has 2 N–H and O–H groups in total. The fraction of sp³-hybridized carbons (Fsp3) is 0.500. The van der Waals surface area contributed by atoms with E-state index in [-0.39, 0.29) is 17.6 Å². The highest BCUT2D eigenvalue weighted by Crippen LogP contribution is 2.30. The Morgan fingerprint density at radius 2 is 2.07 bits per heavy atom. The summed E-state index contributed by atoms with van der Waals surface area (Å²) in [5.74, 6) is 1.29. The Hall–Kier alpha value is -3.01. The average Bonchev–Trinajstić information content (AvgIpc) is 3.41. The number of anilines is 1. The molecule has 0 unspecified atom stereocenters. The number of aryl methyl sites for hydroxylation is 1. The predicted molar refractivity (Wildman–Crippen MR) is 102 cm³/mol. The van der Waals surface area contributed by atoms with E-state index in [4.69, 9.17) is 0 Å². The van der Waals surface area contributed by atoms with Gasteiger partial charge in [-0.1, -0.05) is 0 Å². The number of benzene rings is 1. The highest BCUT2D eigenvalue weighted by atomic mass is 16.6. The number of nitrogens with one attached hydrogen (secondary N) is 2. The van der Waals surface area contributed by atoms with Gasteiger partial charge in [-0.3, -0.25) is 24.9 Å². The monoisotopic (exact) mass is 385 g/mol. The molecule has 1 aliphatic carbocycles. The first kappa shape index (κ1) is 18.4. The van der Waals surface area contributed by atoms with Crippen molar-refractivity contribution >= 4 is 17.3 Å². The lowest BCUT2D eigenvalue weighted by atomic mass is 10.1. The topological polar surface area (TPSA) is 120 Å². The molecule has 1 aliphatic heterocycles. The third kappa shape index (κ3) is 4.11. The summed E-state index contributed by atoms with van der Waals surface area (Å²) in [7, 11) is 0. The van der Waals surface area contributed by atoms with Crippen LogP contribution in [0.5, 0.6) is 0 Å². The van der Waals surface area contributed by atoms with Gasteiger partial charge in [-0.15, -0.1) is 0 Å². The lowest BCUT2D eigenvalue weighted by molar-refractivity contribution is -0.384. The molecule has 1 aromatic carbocycles. The summed E-state index contributed by atoms with van der Waals surface area (Å²) in [5.41, 5.74) is 0.865. The van der Waals surface area contributed by atoms with Crippen molar-refractivity contribution in [3.8, 4) is 0 Å². The van der Waals surface area contributed by atoms with Crippen molar-refractivity contribution in [2.45, 2.75) is 32.4 Å². The standard InChI is InChI=1S/C18H23N7O3/c1-12-19-17(22-21-12)11-23-6-8-24(9-7-23)15-5-2-13(10-16(15)25(27)28)18(26)20-14-3-4-14/h2,5,10,14H,3-4,6-9,11H2,1H3,(H,20,26)(H,19,21,22). The van der Waals surface area contributed by atoms with E-state index in [0.717, 1.165) is 37.6 Å². The number of aromatic amines is 1. The minimum Gasteiger partial charge on any atom is -0.363 e. The summed E-state index contributed by atoms with van der Waals surface area (Å²) in [4.78, 5) is 31.9. The zero-order valence-corrected chi connectivity index (χ0v) is 15.7. The molecule has 28 heavy (non-hydrogen) atoms. The Labute approximate surface area is 162 Å². The number of nitro groups is 1. The van der Waals surface area contributed by atoms with Crippen molar-refractivity contribution in [2.75, 3.05) is 31.1 Å². The van der Waals surface area contributed by atoms with Gasteiger partial charge in [-0.25, -0.2) is 4.98 Å². The van der Waals surface area contributed by atoms with Crippen LogP contribution in [0.2, 0.25) is 0 Å². The van der Waals surface area contributed by atoms with Gasteiger partial charge in [0.05, 0.1) is 11.5 Å². The van der Waals surface area contributed by atoms with E-state index in [9.17, 15) is 14.9 Å².